The van der Waals surface area contributed by atoms with Crippen molar-refractivity contribution in [1.29, 1.82) is 5.26 Å². The maximum atomic E-state index is 8.34. The van der Waals surface area contributed by atoms with Crippen molar-refractivity contribution in [2.24, 2.45) is 5.41 Å². The van der Waals surface area contributed by atoms with Crippen molar-refractivity contribution in [3.05, 3.63) is 0 Å². The van der Waals surface area contributed by atoms with Crippen LogP contribution in [0, 0.1) is 16.7 Å². The van der Waals surface area contributed by atoms with Crippen LogP contribution in [0.2, 0.25) is 0 Å². The number of ether oxygens (including phenoxy) is 1. The molecule has 0 aliphatic rings. The largest absolute Gasteiger partial charge is 0.377 e. The van der Waals surface area contributed by atoms with Gasteiger partial charge in [-0.15, -0.1) is 0 Å². The first kappa shape index (κ1) is 10.4. The summed E-state index contributed by atoms with van der Waals surface area (Å²) in [5.41, 5.74) is 0.198. The van der Waals surface area contributed by atoms with Crippen LogP contribution in [0.1, 0.15) is 34.1 Å². The van der Waals surface area contributed by atoms with Crippen LogP contribution in [0.3, 0.4) is 0 Å². The van der Waals surface area contributed by atoms with E-state index in [-0.39, 0.29) is 11.5 Å². The Labute approximate surface area is 69.2 Å². The Morgan fingerprint density at radius 2 is 2.00 bits per heavy atom. The Balaban J connectivity index is 3.48. The molecule has 0 aromatic carbocycles. The maximum absolute atomic E-state index is 8.34. The first-order valence-electron chi connectivity index (χ1n) is 3.94. The molecule has 11 heavy (non-hydrogen) atoms. The van der Waals surface area contributed by atoms with Crippen LogP contribution in [0.5, 0.6) is 0 Å². The van der Waals surface area contributed by atoms with Gasteiger partial charge in [-0.2, -0.15) is 5.26 Å². The molecule has 0 aliphatic heterocycles. The molecular formula is C9H17NO. The van der Waals surface area contributed by atoms with E-state index in [0.717, 1.165) is 6.61 Å². The van der Waals surface area contributed by atoms with E-state index < -0.39 is 0 Å². The third-order valence-electron chi connectivity index (χ3n) is 1.18. The van der Waals surface area contributed by atoms with Crippen LogP contribution < -0.4 is 0 Å². The zero-order chi connectivity index (χ0) is 8.91. The zero-order valence-electron chi connectivity index (χ0n) is 7.85. The first-order chi connectivity index (χ1) is 4.95. The van der Waals surface area contributed by atoms with Gasteiger partial charge in [0.15, 0.2) is 0 Å². The van der Waals surface area contributed by atoms with E-state index in [0.29, 0.717) is 6.42 Å². The van der Waals surface area contributed by atoms with Crippen LogP contribution in [-0.4, -0.2) is 12.7 Å². The van der Waals surface area contributed by atoms with Gasteiger partial charge in [0.1, 0.15) is 0 Å². The SMILES string of the molecule is CC(CC#N)OCC(C)(C)C. The number of nitrogens with zero attached hydrogens (tertiary/aromatic N) is 1. The monoisotopic (exact) mass is 155 g/mol. The van der Waals surface area contributed by atoms with E-state index in [2.05, 4.69) is 26.8 Å². The minimum Gasteiger partial charge on any atom is -0.377 e. The van der Waals surface area contributed by atoms with E-state index >= 15 is 0 Å². The molecule has 0 aromatic rings. The van der Waals surface area contributed by atoms with Gasteiger partial charge in [-0.3, -0.25) is 0 Å². The lowest BCUT2D eigenvalue weighted by molar-refractivity contribution is 0.0212. The van der Waals surface area contributed by atoms with Gasteiger partial charge in [0.25, 0.3) is 0 Å². The molecule has 2 heteroatoms. The summed E-state index contributed by atoms with van der Waals surface area (Å²) in [5, 5.41) is 8.34. The van der Waals surface area contributed by atoms with Gasteiger partial charge in [0.2, 0.25) is 0 Å². The molecule has 1 unspecified atom stereocenters. The summed E-state index contributed by atoms with van der Waals surface area (Å²) in [7, 11) is 0. The lowest BCUT2D eigenvalue weighted by Crippen LogP contribution is -2.19. The van der Waals surface area contributed by atoms with E-state index in [1.807, 2.05) is 6.92 Å². The van der Waals surface area contributed by atoms with E-state index in [9.17, 15) is 0 Å². The molecule has 0 bridgehead atoms. The Bertz CT molecular complexity index is 141. The van der Waals surface area contributed by atoms with Crippen LogP contribution >= 0.6 is 0 Å². The Kier molecular flexibility index (Phi) is 4.14. The topological polar surface area (TPSA) is 33.0 Å². The van der Waals surface area contributed by atoms with Crippen molar-refractivity contribution < 1.29 is 4.74 Å². The fourth-order valence-corrected chi connectivity index (χ4v) is 0.580. The summed E-state index contributed by atoms with van der Waals surface area (Å²) in [4.78, 5) is 0. The predicted octanol–water partition coefficient (Wildman–Crippen LogP) is 2.35. The van der Waals surface area contributed by atoms with Gasteiger partial charge in [-0.1, -0.05) is 20.8 Å². The highest BCUT2D eigenvalue weighted by molar-refractivity contribution is 4.74. The quantitative estimate of drug-likeness (QED) is 0.626. The Hall–Kier alpha value is -0.550. The minimum absolute atomic E-state index is 0.0687. The Morgan fingerprint density at radius 1 is 1.45 bits per heavy atom. The standard InChI is InChI=1S/C9H17NO/c1-8(5-6-10)11-7-9(2,3)4/h8H,5,7H2,1-4H3. The van der Waals surface area contributed by atoms with Gasteiger partial charge in [0, 0.05) is 0 Å². The zero-order valence-corrected chi connectivity index (χ0v) is 7.85. The van der Waals surface area contributed by atoms with Crippen molar-refractivity contribution in [3.8, 4) is 6.07 Å². The molecule has 0 spiro atoms. The summed E-state index contributed by atoms with van der Waals surface area (Å²) in [6, 6.07) is 2.08. The second-order valence-electron chi connectivity index (χ2n) is 4.04. The second-order valence-corrected chi connectivity index (χ2v) is 4.04. The van der Waals surface area contributed by atoms with Crippen molar-refractivity contribution in [1.82, 2.24) is 0 Å². The highest BCUT2D eigenvalue weighted by atomic mass is 16.5. The van der Waals surface area contributed by atoms with Crippen molar-refractivity contribution in [2.75, 3.05) is 6.61 Å². The molecule has 0 radical (unpaired) electrons. The molecule has 0 heterocycles. The van der Waals surface area contributed by atoms with Gasteiger partial charge >= 0.3 is 0 Å². The third-order valence-corrected chi connectivity index (χ3v) is 1.18. The third kappa shape index (κ3) is 7.35. The molecule has 1 atom stereocenters. The second kappa shape index (κ2) is 4.35. The van der Waals surface area contributed by atoms with Crippen LogP contribution in [-0.2, 0) is 4.74 Å². The lowest BCUT2D eigenvalue weighted by atomic mass is 9.98. The fourth-order valence-electron chi connectivity index (χ4n) is 0.580. The number of nitriles is 1. The van der Waals surface area contributed by atoms with Crippen molar-refractivity contribution in [2.45, 2.75) is 40.2 Å². The van der Waals surface area contributed by atoms with Gasteiger partial charge in [-0.25, -0.2) is 0 Å². The average molecular weight is 155 g/mol. The van der Waals surface area contributed by atoms with Gasteiger partial charge in [-0.05, 0) is 12.3 Å². The van der Waals surface area contributed by atoms with Crippen LogP contribution in [0.15, 0.2) is 0 Å². The summed E-state index contributed by atoms with van der Waals surface area (Å²) in [5.74, 6) is 0. The first-order valence-corrected chi connectivity index (χ1v) is 3.94. The summed E-state index contributed by atoms with van der Waals surface area (Å²) < 4.78 is 5.42. The molecule has 0 aliphatic carbocycles. The summed E-state index contributed by atoms with van der Waals surface area (Å²) >= 11 is 0. The van der Waals surface area contributed by atoms with E-state index in [1.54, 1.807) is 0 Å². The minimum atomic E-state index is 0.0687. The average Bonchev–Trinajstić information content (AvgIpc) is 1.83. The van der Waals surface area contributed by atoms with Crippen molar-refractivity contribution >= 4 is 0 Å². The number of rotatable bonds is 3. The smallest absolute Gasteiger partial charge is 0.0677 e. The molecule has 0 saturated carbocycles. The molecular weight excluding hydrogens is 138 g/mol. The predicted molar refractivity (Wildman–Crippen MR) is 45.1 cm³/mol. The molecule has 0 fully saturated rings. The molecule has 64 valence electrons. The highest BCUT2D eigenvalue weighted by Crippen LogP contribution is 2.14. The van der Waals surface area contributed by atoms with E-state index in [4.69, 9.17) is 10.00 Å². The molecule has 0 amide bonds. The fraction of sp³-hybridized carbons (Fsp3) is 0.889. The normalized spacial score (nSPS) is 14.1. The van der Waals surface area contributed by atoms with Gasteiger partial charge in [0.05, 0.1) is 25.2 Å². The molecule has 0 saturated heterocycles. The molecule has 0 N–H and O–H groups in total. The van der Waals surface area contributed by atoms with Crippen LogP contribution in [0.4, 0.5) is 0 Å². The number of hydrogen-bond donors (Lipinski definition) is 0. The maximum Gasteiger partial charge on any atom is 0.0677 e. The molecule has 0 rings (SSSR count). The van der Waals surface area contributed by atoms with Gasteiger partial charge < -0.3 is 4.74 Å². The van der Waals surface area contributed by atoms with E-state index in [1.165, 1.54) is 0 Å². The lowest BCUT2D eigenvalue weighted by Gasteiger charge is -2.20. The molecule has 2 nitrogen and oxygen atoms in total. The molecule has 0 aromatic heterocycles. The summed E-state index contributed by atoms with van der Waals surface area (Å²) in [6.07, 6.45) is 0.551. The van der Waals surface area contributed by atoms with Crippen LogP contribution in [0.25, 0.3) is 0 Å². The summed E-state index contributed by atoms with van der Waals surface area (Å²) in [6.45, 7) is 9.00. The Morgan fingerprint density at radius 3 is 2.36 bits per heavy atom. The number of hydrogen-bond acceptors (Lipinski definition) is 2. The highest BCUT2D eigenvalue weighted by Gasteiger charge is 2.12. The van der Waals surface area contributed by atoms with Crippen molar-refractivity contribution in [3.63, 3.8) is 0 Å².